The summed E-state index contributed by atoms with van der Waals surface area (Å²) in [6.45, 7) is 1.90. The second-order valence-electron chi connectivity index (χ2n) is 5.64. The molecule has 6 heteroatoms. The van der Waals surface area contributed by atoms with Crippen LogP contribution in [0, 0.1) is 0 Å². The number of hydrogen-bond donors (Lipinski definition) is 2. The van der Waals surface area contributed by atoms with Gasteiger partial charge in [-0.2, -0.15) is 0 Å². The zero-order valence-electron chi connectivity index (χ0n) is 12.7. The van der Waals surface area contributed by atoms with Crippen LogP contribution in [0.25, 0.3) is 0 Å². The Labute approximate surface area is 139 Å². The molecule has 0 saturated carbocycles. The van der Waals surface area contributed by atoms with Gasteiger partial charge in [0.2, 0.25) is 11.8 Å². The summed E-state index contributed by atoms with van der Waals surface area (Å²) < 4.78 is 0. The average Bonchev–Trinajstić information content (AvgIpc) is 3.01. The van der Waals surface area contributed by atoms with Gasteiger partial charge in [-0.25, -0.2) is 0 Å². The smallest absolute Gasteiger partial charge is 0.244 e. The zero-order chi connectivity index (χ0) is 16.2. The van der Waals surface area contributed by atoms with Gasteiger partial charge in [-0.3, -0.25) is 14.5 Å². The van der Waals surface area contributed by atoms with Crippen molar-refractivity contribution < 1.29 is 9.59 Å². The number of thiophene rings is 1. The third-order valence-corrected chi connectivity index (χ3v) is 5.00. The van der Waals surface area contributed by atoms with Crippen molar-refractivity contribution in [2.24, 2.45) is 5.73 Å². The van der Waals surface area contributed by atoms with Gasteiger partial charge in [0.1, 0.15) is 6.04 Å². The Hall–Kier alpha value is -2.18. The molecule has 3 N–H and O–H groups in total. The van der Waals surface area contributed by atoms with Crippen molar-refractivity contribution >= 4 is 23.2 Å². The highest BCUT2D eigenvalue weighted by Gasteiger charge is 2.23. The molecule has 0 fully saturated rings. The van der Waals surface area contributed by atoms with E-state index < -0.39 is 11.9 Å². The van der Waals surface area contributed by atoms with Gasteiger partial charge in [-0.1, -0.05) is 30.3 Å². The van der Waals surface area contributed by atoms with E-state index in [4.69, 9.17) is 5.73 Å². The molecule has 2 heterocycles. The number of benzene rings is 1. The van der Waals surface area contributed by atoms with Crippen molar-refractivity contribution in [1.29, 1.82) is 0 Å². The van der Waals surface area contributed by atoms with Gasteiger partial charge >= 0.3 is 0 Å². The monoisotopic (exact) mass is 329 g/mol. The van der Waals surface area contributed by atoms with Crippen molar-refractivity contribution in [2.45, 2.75) is 19.0 Å². The molecular weight excluding hydrogens is 310 g/mol. The molecule has 120 valence electrons. The summed E-state index contributed by atoms with van der Waals surface area (Å²) in [5.74, 6) is -0.736. The first-order chi connectivity index (χ1) is 11.1. The van der Waals surface area contributed by atoms with E-state index in [1.54, 1.807) is 23.5 Å². The van der Waals surface area contributed by atoms with Crippen LogP contribution < -0.4 is 11.1 Å². The molecule has 0 bridgehead atoms. The third-order valence-electron chi connectivity index (χ3n) is 3.98. The lowest BCUT2D eigenvalue weighted by Crippen LogP contribution is -2.44. The number of carbonyl (C=O) groups is 2. The molecule has 1 aliphatic rings. The van der Waals surface area contributed by atoms with E-state index in [2.05, 4.69) is 21.7 Å². The molecule has 1 aromatic heterocycles. The molecule has 2 amide bonds. The molecule has 0 saturated heterocycles. The van der Waals surface area contributed by atoms with Gasteiger partial charge in [0.05, 0.1) is 6.54 Å². The standard InChI is InChI=1S/C17H19N3O2S/c18-17(22)16(12-4-2-1-3-5-12)19-15(21)11-20-8-6-14-13(10-20)7-9-23-14/h1-5,7,9,16H,6,8,10-11H2,(H2,18,22)(H,19,21). The average molecular weight is 329 g/mol. The number of primary amides is 1. The summed E-state index contributed by atoms with van der Waals surface area (Å²) >= 11 is 1.77. The maximum atomic E-state index is 12.3. The SMILES string of the molecule is NC(=O)C(NC(=O)CN1CCc2sccc2C1)c1ccccc1. The Bertz CT molecular complexity index is 699. The Morgan fingerprint density at radius 3 is 2.78 bits per heavy atom. The third kappa shape index (κ3) is 3.78. The van der Waals surface area contributed by atoms with E-state index in [9.17, 15) is 9.59 Å². The molecule has 0 radical (unpaired) electrons. The first-order valence-corrected chi connectivity index (χ1v) is 8.42. The highest BCUT2D eigenvalue weighted by atomic mass is 32.1. The van der Waals surface area contributed by atoms with Gasteiger partial charge < -0.3 is 11.1 Å². The molecule has 5 nitrogen and oxygen atoms in total. The molecule has 1 unspecified atom stereocenters. The fourth-order valence-corrected chi connectivity index (χ4v) is 3.71. The van der Waals surface area contributed by atoms with Crippen molar-refractivity contribution in [2.75, 3.05) is 13.1 Å². The van der Waals surface area contributed by atoms with Gasteiger partial charge in [-0.05, 0) is 29.0 Å². The fourth-order valence-electron chi connectivity index (χ4n) is 2.82. The number of nitrogens with one attached hydrogen (secondary N) is 1. The van der Waals surface area contributed by atoms with Gasteiger partial charge in [0.25, 0.3) is 0 Å². The summed E-state index contributed by atoms with van der Waals surface area (Å²) in [7, 11) is 0. The molecule has 1 atom stereocenters. The van der Waals surface area contributed by atoms with E-state index in [1.165, 1.54) is 10.4 Å². The largest absolute Gasteiger partial charge is 0.368 e. The Morgan fingerprint density at radius 2 is 2.04 bits per heavy atom. The van der Waals surface area contributed by atoms with E-state index >= 15 is 0 Å². The summed E-state index contributed by atoms with van der Waals surface area (Å²) in [5, 5.41) is 4.84. The lowest BCUT2D eigenvalue weighted by atomic mass is 10.1. The lowest BCUT2D eigenvalue weighted by molar-refractivity contribution is -0.128. The van der Waals surface area contributed by atoms with E-state index in [1.807, 2.05) is 18.2 Å². The molecule has 1 aliphatic heterocycles. The lowest BCUT2D eigenvalue weighted by Gasteiger charge is -2.27. The van der Waals surface area contributed by atoms with Crippen LogP contribution >= 0.6 is 11.3 Å². The molecule has 2 aromatic rings. The minimum absolute atomic E-state index is 0.184. The molecule has 0 aliphatic carbocycles. The van der Waals surface area contributed by atoms with Crippen molar-refractivity contribution in [1.82, 2.24) is 10.2 Å². The molecule has 1 aromatic carbocycles. The molecule has 3 rings (SSSR count). The van der Waals surface area contributed by atoms with Crippen LogP contribution in [0.1, 0.15) is 22.0 Å². The zero-order valence-corrected chi connectivity index (χ0v) is 13.5. The summed E-state index contributed by atoms with van der Waals surface area (Å²) in [6.07, 6.45) is 0.970. The number of nitrogens with two attached hydrogens (primary N) is 1. The van der Waals surface area contributed by atoms with E-state index in [0.29, 0.717) is 5.56 Å². The normalized spacial score (nSPS) is 15.7. The predicted octanol–water partition coefficient (Wildman–Crippen LogP) is 1.45. The first-order valence-electron chi connectivity index (χ1n) is 7.54. The molecular formula is C17H19N3O2S. The van der Waals surface area contributed by atoms with Crippen molar-refractivity contribution in [3.8, 4) is 0 Å². The molecule has 0 spiro atoms. The first kappa shape index (κ1) is 15.7. The number of rotatable bonds is 5. The second kappa shape index (κ2) is 6.93. The number of carbonyl (C=O) groups excluding carboxylic acids is 2. The summed E-state index contributed by atoms with van der Waals surface area (Å²) in [5.41, 5.74) is 7.43. The van der Waals surface area contributed by atoms with Crippen molar-refractivity contribution in [3.05, 3.63) is 57.8 Å². The summed E-state index contributed by atoms with van der Waals surface area (Å²) in [6, 6.07) is 10.4. The Balaban J connectivity index is 1.61. The predicted molar refractivity (Wildman–Crippen MR) is 89.8 cm³/mol. The van der Waals surface area contributed by atoms with Gasteiger partial charge in [-0.15, -0.1) is 11.3 Å². The van der Waals surface area contributed by atoms with Crippen LogP contribution in [0.5, 0.6) is 0 Å². The van der Waals surface area contributed by atoms with Crippen molar-refractivity contribution in [3.63, 3.8) is 0 Å². The number of hydrogen-bond acceptors (Lipinski definition) is 4. The minimum Gasteiger partial charge on any atom is -0.368 e. The minimum atomic E-state index is -0.787. The van der Waals surface area contributed by atoms with Gasteiger partial charge in [0.15, 0.2) is 0 Å². The topological polar surface area (TPSA) is 75.4 Å². The highest BCUT2D eigenvalue weighted by molar-refractivity contribution is 7.10. The molecule has 23 heavy (non-hydrogen) atoms. The quantitative estimate of drug-likeness (QED) is 0.872. The maximum absolute atomic E-state index is 12.3. The van der Waals surface area contributed by atoms with Crippen LogP contribution in [0.15, 0.2) is 41.8 Å². The Kier molecular flexibility index (Phi) is 4.73. The number of nitrogens with zero attached hydrogens (tertiary/aromatic N) is 1. The van der Waals surface area contributed by atoms with Crippen LogP contribution in [0.3, 0.4) is 0 Å². The van der Waals surface area contributed by atoms with E-state index in [-0.39, 0.29) is 12.5 Å². The maximum Gasteiger partial charge on any atom is 0.244 e. The van der Waals surface area contributed by atoms with Crippen LogP contribution in [-0.4, -0.2) is 29.8 Å². The van der Waals surface area contributed by atoms with Crippen LogP contribution in [-0.2, 0) is 22.6 Å². The highest BCUT2D eigenvalue weighted by Crippen LogP contribution is 2.23. The van der Waals surface area contributed by atoms with E-state index in [0.717, 1.165) is 19.5 Å². The van der Waals surface area contributed by atoms with Crippen LogP contribution in [0.2, 0.25) is 0 Å². The summed E-state index contributed by atoms with van der Waals surface area (Å²) in [4.78, 5) is 27.4. The number of fused-ring (bicyclic) bond motifs is 1. The second-order valence-corrected chi connectivity index (χ2v) is 6.64. The Morgan fingerprint density at radius 1 is 1.26 bits per heavy atom. The number of amides is 2. The fraction of sp³-hybridized carbons (Fsp3) is 0.294. The van der Waals surface area contributed by atoms with Gasteiger partial charge in [0, 0.05) is 18.0 Å². The van der Waals surface area contributed by atoms with Crippen LogP contribution in [0.4, 0.5) is 0 Å².